The lowest BCUT2D eigenvalue weighted by Gasteiger charge is -2.42. The molecule has 1 spiro atoms. The molecule has 4 saturated heterocycles. The third-order valence-corrected chi connectivity index (χ3v) is 9.07. The van der Waals surface area contributed by atoms with Crippen LogP contribution in [-0.4, -0.2) is 78.9 Å². The number of benzene rings is 2. The number of morpholine rings is 1. The van der Waals surface area contributed by atoms with Crippen LogP contribution in [0.2, 0.25) is 0 Å². The number of anilines is 2. The van der Waals surface area contributed by atoms with E-state index in [0.29, 0.717) is 44.2 Å². The van der Waals surface area contributed by atoms with Crippen LogP contribution >= 0.6 is 0 Å². The Morgan fingerprint density at radius 3 is 2.42 bits per heavy atom. The van der Waals surface area contributed by atoms with Gasteiger partial charge in [-0.25, -0.2) is 4.90 Å². The van der Waals surface area contributed by atoms with E-state index in [0.717, 1.165) is 24.8 Å². The van der Waals surface area contributed by atoms with Crippen molar-refractivity contribution in [1.82, 2.24) is 9.80 Å². The van der Waals surface area contributed by atoms with E-state index in [2.05, 4.69) is 4.90 Å². The Balaban J connectivity index is 1.35. The highest BCUT2D eigenvalue weighted by Gasteiger charge is 2.75. The van der Waals surface area contributed by atoms with E-state index in [1.807, 2.05) is 42.5 Å². The zero-order valence-corrected chi connectivity index (χ0v) is 21.1. The highest BCUT2D eigenvalue weighted by Crippen LogP contribution is 2.61. The average molecular weight is 515 g/mol. The third kappa shape index (κ3) is 3.06. The number of amides is 4. The number of nitrogens with zero attached hydrogens (tertiary/aromatic N) is 4. The molecule has 4 fully saturated rings. The van der Waals surface area contributed by atoms with Crippen LogP contribution in [0.15, 0.2) is 54.6 Å². The van der Waals surface area contributed by atoms with Crippen LogP contribution in [-0.2, 0) is 29.5 Å². The summed E-state index contributed by atoms with van der Waals surface area (Å²) in [5.74, 6) is -2.41. The van der Waals surface area contributed by atoms with Crippen LogP contribution in [0.25, 0.3) is 0 Å². The van der Waals surface area contributed by atoms with Gasteiger partial charge in [-0.3, -0.25) is 24.1 Å². The van der Waals surface area contributed by atoms with Crippen molar-refractivity contribution >= 4 is 35.0 Å². The molecule has 9 nitrogen and oxygen atoms in total. The zero-order valence-electron chi connectivity index (χ0n) is 21.1. The quantitative estimate of drug-likeness (QED) is 0.580. The van der Waals surface area contributed by atoms with Gasteiger partial charge in [0.25, 0.3) is 5.91 Å². The summed E-state index contributed by atoms with van der Waals surface area (Å²) in [5.41, 5.74) is 0.624. The Hall–Kier alpha value is -3.56. The molecule has 0 aliphatic carbocycles. The molecule has 0 saturated carbocycles. The summed E-state index contributed by atoms with van der Waals surface area (Å²) in [5, 5.41) is 0. The second-order valence-electron chi connectivity index (χ2n) is 10.8. The van der Waals surface area contributed by atoms with E-state index in [-0.39, 0.29) is 36.2 Å². The van der Waals surface area contributed by atoms with Crippen molar-refractivity contribution in [3.63, 3.8) is 0 Å². The number of fused-ring (bicyclic) bond motifs is 7. The standard InChI is InChI=1S/C29H30N4O5/c34-23(30-14-16-38-17-15-30)18-31-21-11-5-4-10-20(21)29(28(31)37)25-24(22-12-6-7-13-32(22)29)26(35)33(27(25)36)19-8-2-1-3-9-19/h1-5,8-11,22,24-25H,6-7,12-18H2/t22-,24-,25-,29+/m0/s1. The lowest BCUT2D eigenvalue weighted by molar-refractivity contribution is -0.140. The first-order chi connectivity index (χ1) is 18.5. The first-order valence-corrected chi connectivity index (χ1v) is 13.5. The molecule has 196 valence electrons. The van der Waals surface area contributed by atoms with Crippen molar-refractivity contribution in [2.75, 3.05) is 49.2 Å². The summed E-state index contributed by atoms with van der Waals surface area (Å²) in [6.45, 7) is 2.47. The summed E-state index contributed by atoms with van der Waals surface area (Å²) < 4.78 is 5.39. The number of carbonyl (C=O) groups is 4. The van der Waals surface area contributed by atoms with Gasteiger partial charge >= 0.3 is 0 Å². The summed E-state index contributed by atoms with van der Waals surface area (Å²) in [4.78, 5) is 62.9. The van der Waals surface area contributed by atoms with Crippen LogP contribution in [0.4, 0.5) is 11.4 Å². The molecule has 2 aromatic rings. The fourth-order valence-electron chi connectivity index (χ4n) is 7.54. The molecule has 4 atom stereocenters. The topological polar surface area (TPSA) is 90.5 Å². The second-order valence-corrected chi connectivity index (χ2v) is 10.8. The van der Waals surface area contributed by atoms with Crippen molar-refractivity contribution in [3.05, 3.63) is 60.2 Å². The predicted octanol–water partition coefficient (Wildman–Crippen LogP) is 1.76. The first-order valence-electron chi connectivity index (χ1n) is 13.5. The predicted molar refractivity (Wildman–Crippen MR) is 138 cm³/mol. The summed E-state index contributed by atoms with van der Waals surface area (Å²) >= 11 is 0. The summed E-state index contributed by atoms with van der Waals surface area (Å²) in [7, 11) is 0. The van der Waals surface area contributed by atoms with E-state index >= 15 is 0 Å². The van der Waals surface area contributed by atoms with E-state index in [1.54, 1.807) is 21.9 Å². The summed E-state index contributed by atoms with van der Waals surface area (Å²) in [6, 6.07) is 16.3. The lowest BCUT2D eigenvalue weighted by atomic mass is 9.76. The minimum atomic E-state index is -1.30. The highest BCUT2D eigenvalue weighted by atomic mass is 16.5. The van der Waals surface area contributed by atoms with Gasteiger partial charge in [0.05, 0.1) is 30.7 Å². The van der Waals surface area contributed by atoms with E-state index in [4.69, 9.17) is 4.74 Å². The number of ether oxygens (including phenoxy) is 1. The normalized spacial score (nSPS) is 30.7. The Morgan fingerprint density at radius 1 is 0.895 bits per heavy atom. The molecule has 38 heavy (non-hydrogen) atoms. The monoisotopic (exact) mass is 514 g/mol. The van der Waals surface area contributed by atoms with Gasteiger partial charge in [-0.2, -0.15) is 0 Å². The fourth-order valence-corrected chi connectivity index (χ4v) is 7.54. The van der Waals surface area contributed by atoms with Crippen molar-refractivity contribution in [3.8, 4) is 0 Å². The van der Waals surface area contributed by atoms with Crippen LogP contribution in [0, 0.1) is 11.8 Å². The van der Waals surface area contributed by atoms with Crippen molar-refractivity contribution in [2.24, 2.45) is 11.8 Å². The van der Waals surface area contributed by atoms with Gasteiger partial charge in [0.1, 0.15) is 12.1 Å². The molecule has 9 heteroatoms. The number of imide groups is 1. The van der Waals surface area contributed by atoms with E-state index in [1.165, 1.54) is 4.90 Å². The molecule has 4 amide bonds. The van der Waals surface area contributed by atoms with Gasteiger partial charge in [-0.05, 0) is 37.6 Å². The van der Waals surface area contributed by atoms with Gasteiger partial charge in [0.15, 0.2) is 0 Å². The molecular weight excluding hydrogens is 484 g/mol. The Bertz CT molecular complexity index is 1330. The lowest BCUT2D eigenvalue weighted by Crippen LogP contribution is -2.59. The molecule has 5 heterocycles. The molecule has 0 unspecified atom stereocenters. The zero-order chi connectivity index (χ0) is 26.0. The van der Waals surface area contributed by atoms with Gasteiger partial charge in [0.2, 0.25) is 17.7 Å². The van der Waals surface area contributed by atoms with Gasteiger partial charge in [-0.1, -0.05) is 42.8 Å². The number of carbonyl (C=O) groups excluding carboxylic acids is 4. The first kappa shape index (κ1) is 23.5. The molecule has 5 aliphatic rings. The maximum absolute atomic E-state index is 14.7. The van der Waals surface area contributed by atoms with Crippen LogP contribution in [0.5, 0.6) is 0 Å². The molecule has 2 aromatic carbocycles. The fraction of sp³-hybridized carbons (Fsp3) is 0.448. The van der Waals surface area contributed by atoms with Gasteiger partial charge in [-0.15, -0.1) is 0 Å². The molecule has 0 N–H and O–H groups in total. The maximum Gasteiger partial charge on any atom is 0.253 e. The Kier molecular flexibility index (Phi) is 5.42. The van der Waals surface area contributed by atoms with Crippen molar-refractivity contribution in [2.45, 2.75) is 30.8 Å². The SMILES string of the molecule is O=C(CN1C(=O)[C@@]2(c3ccccc31)[C@@H]1C(=O)N(c3ccccc3)C(=O)[C@H]1[C@@H]1CCCCN12)N1CCOCC1. The molecule has 0 bridgehead atoms. The van der Waals surface area contributed by atoms with Gasteiger partial charge in [0, 0.05) is 30.4 Å². The van der Waals surface area contributed by atoms with Crippen molar-refractivity contribution in [1.29, 1.82) is 0 Å². The number of hydrogen-bond acceptors (Lipinski definition) is 6. The number of rotatable bonds is 3. The number of piperidine rings is 1. The van der Waals surface area contributed by atoms with Gasteiger partial charge < -0.3 is 14.5 Å². The maximum atomic E-state index is 14.7. The Morgan fingerprint density at radius 2 is 1.63 bits per heavy atom. The van der Waals surface area contributed by atoms with E-state index in [9.17, 15) is 19.2 Å². The van der Waals surface area contributed by atoms with Crippen LogP contribution in [0.3, 0.4) is 0 Å². The largest absolute Gasteiger partial charge is 0.378 e. The van der Waals surface area contributed by atoms with Crippen LogP contribution in [0.1, 0.15) is 24.8 Å². The highest BCUT2D eigenvalue weighted by molar-refractivity contribution is 6.26. The molecule has 0 aromatic heterocycles. The second kappa shape index (κ2) is 8.74. The van der Waals surface area contributed by atoms with Crippen LogP contribution < -0.4 is 9.80 Å². The Labute approximate surface area is 220 Å². The smallest absolute Gasteiger partial charge is 0.253 e. The molecule has 0 radical (unpaired) electrons. The minimum Gasteiger partial charge on any atom is -0.378 e. The molecular formula is C29H30N4O5. The average Bonchev–Trinajstić information content (AvgIpc) is 3.51. The molecule has 5 aliphatic heterocycles. The summed E-state index contributed by atoms with van der Waals surface area (Å²) in [6.07, 6.45) is 2.60. The number of para-hydroxylation sites is 2. The third-order valence-electron chi connectivity index (χ3n) is 9.07. The van der Waals surface area contributed by atoms with E-state index < -0.39 is 17.4 Å². The number of hydrogen-bond donors (Lipinski definition) is 0. The molecule has 7 rings (SSSR count). The van der Waals surface area contributed by atoms with Crippen molar-refractivity contribution < 1.29 is 23.9 Å². The minimum absolute atomic E-state index is 0.0992.